The Morgan fingerprint density at radius 1 is 1.07 bits per heavy atom. The van der Waals surface area contributed by atoms with E-state index >= 15 is 0 Å². The van der Waals surface area contributed by atoms with Crippen molar-refractivity contribution in [3.8, 4) is 5.75 Å². The van der Waals surface area contributed by atoms with Crippen molar-refractivity contribution in [1.29, 1.82) is 0 Å². The molecule has 1 fully saturated rings. The fraction of sp³-hybridized carbons (Fsp3) is 0.412. The van der Waals surface area contributed by atoms with Gasteiger partial charge in [0.2, 0.25) is 0 Å². The third kappa shape index (κ3) is 4.87. The van der Waals surface area contributed by atoms with E-state index in [1.807, 2.05) is 4.90 Å². The highest BCUT2D eigenvalue weighted by atomic mass is 35.5. The van der Waals surface area contributed by atoms with Crippen LogP contribution in [0.2, 0.25) is 4.34 Å². The Labute approximate surface area is 174 Å². The summed E-state index contributed by atoms with van der Waals surface area (Å²) in [7, 11) is -5.50. The van der Waals surface area contributed by atoms with Crippen LogP contribution >= 0.6 is 22.9 Å². The van der Waals surface area contributed by atoms with E-state index < -0.39 is 19.9 Å². The van der Waals surface area contributed by atoms with Crippen LogP contribution < -0.4 is 4.74 Å². The van der Waals surface area contributed by atoms with Gasteiger partial charge in [0.15, 0.2) is 9.84 Å². The molecule has 2 heterocycles. The van der Waals surface area contributed by atoms with Crippen molar-refractivity contribution in [2.75, 3.05) is 45.6 Å². The van der Waals surface area contributed by atoms with Crippen molar-refractivity contribution >= 4 is 42.8 Å². The molecule has 0 saturated carbocycles. The van der Waals surface area contributed by atoms with Gasteiger partial charge in [-0.2, -0.15) is 4.31 Å². The molecule has 0 amide bonds. The minimum Gasteiger partial charge on any atom is -0.497 e. The number of nitrogens with zero attached hydrogens (tertiary/aromatic N) is 2. The molecular weight excluding hydrogens is 444 g/mol. The van der Waals surface area contributed by atoms with Crippen LogP contribution in [0.3, 0.4) is 0 Å². The molecule has 1 aliphatic heterocycles. The molecule has 154 valence electrons. The monoisotopic (exact) mass is 464 g/mol. The molecule has 1 saturated heterocycles. The lowest BCUT2D eigenvalue weighted by atomic mass is 10.3. The summed E-state index contributed by atoms with van der Waals surface area (Å²) in [4.78, 5) is 2.19. The van der Waals surface area contributed by atoms with Crippen molar-refractivity contribution < 1.29 is 21.6 Å². The Morgan fingerprint density at radius 3 is 2.39 bits per heavy atom. The second-order valence-corrected chi connectivity index (χ2v) is 12.3. The quantitative estimate of drug-likeness (QED) is 0.624. The van der Waals surface area contributed by atoms with Gasteiger partial charge in [0.25, 0.3) is 10.0 Å². The Morgan fingerprint density at radius 2 is 1.79 bits per heavy atom. The number of sulfonamides is 1. The number of hydrogen-bond donors (Lipinski definition) is 0. The second-order valence-electron chi connectivity index (χ2n) is 6.30. The molecule has 28 heavy (non-hydrogen) atoms. The Balaban J connectivity index is 1.57. The number of rotatable bonds is 7. The van der Waals surface area contributed by atoms with Crippen molar-refractivity contribution in [2.24, 2.45) is 0 Å². The SMILES string of the molecule is COc1cccc(S(=O)(=O)CCN2CCN(S(=O)(=O)c3ccc(Cl)s3)CC2)c1. The Bertz CT molecular complexity index is 1030. The highest BCUT2D eigenvalue weighted by molar-refractivity contribution is 7.91. The first-order chi connectivity index (χ1) is 13.2. The van der Waals surface area contributed by atoms with E-state index in [4.69, 9.17) is 16.3 Å². The zero-order valence-corrected chi connectivity index (χ0v) is 18.5. The maximum absolute atomic E-state index is 12.6. The second kappa shape index (κ2) is 8.68. The van der Waals surface area contributed by atoms with Crippen LogP contribution in [0.4, 0.5) is 0 Å². The van der Waals surface area contributed by atoms with Gasteiger partial charge in [0.05, 0.1) is 22.1 Å². The van der Waals surface area contributed by atoms with E-state index in [0.29, 0.717) is 42.8 Å². The summed E-state index contributed by atoms with van der Waals surface area (Å²) >= 11 is 6.88. The van der Waals surface area contributed by atoms with Gasteiger partial charge >= 0.3 is 0 Å². The summed E-state index contributed by atoms with van der Waals surface area (Å²) in [5.74, 6) is 0.460. The number of piperazine rings is 1. The summed E-state index contributed by atoms with van der Waals surface area (Å²) in [6.45, 7) is 1.93. The molecule has 0 spiro atoms. The molecule has 0 unspecified atom stereocenters. The zero-order chi connectivity index (χ0) is 20.4. The van der Waals surface area contributed by atoms with Crippen LogP contribution in [-0.4, -0.2) is 71.6 Å². The average Bonchev–Trinajstić information content (AvgIpc) is 3.14. The number of halogens is 1. The molecule has 1 aliphatic rings. The number of sulfone groups is 1. The molecule has 3 rings (SSSR count). The van der Waals surface area contributed by atoms with Gasteiger partial charge in [-0.25, -0.2) is 16.8 Å². The van der Waals surface area contributed by atoms with Crippen LogP contribution in [-0.2, 0) is 19.9 Å². The smallest absolute Gasteiger partial charge is 0.252 e. The lowest BCUT2D eigenvalue weighted by Gasteiger charge is -2.33. The van der Waals surface area contributed by atoms with Crippen LogP contribution in [0.25, 0.3) is 0 Å². The highest BCUT2D eigenvalue weighted by Gasteiger charge is 2.30. The predicted octanol–water partition coefficient (Wildman–Crippen LogP) is 2.19. The van der Waals surface area contributed by atoms with Gasteiger partial charge in [-0.05, 0) is 30.3 Å². The molecular formula is C17H21ClN2O5S3. The maximum atomic E-state index is 12.6. The lowest BCUT2D eigenvalue weighted by Crippen LogP contribution is -2.49. The van der Waals surface area contributed by atoms with Gasteiger partial charge in [-0.15, -0.1) is 11.3 Å². The van der Waals surface area contributed by atoms with Gasteiger partial charge in [-0.3, -0.25) is 4.90 Å². The molecule has 0 radical (unpaired) electrons. The number of thiophene rings is 1. The first kappa shape index (κ1) is 21.5. The lowest BCUT2D eigenvalue weighted by molar-refractivity contribution is 0.197. The number of benzene rings is 1. The molecule has 0 atom stereocenters. The first-order valence-corrected chi connectivity index (χ1v) is 12.9. The summed E-state index contributed by atoms with van der Waals surface area (Å²) < 4.78 is 57.5. The highest BCUT2D eigenvalue weighted by Crippen LogP contribution is 2.28. The number of methoxy groups -OCH3 is 1. The van der Waals surface area contributed by atoms with Crippen molar-refractivity contribution in [3.05, 3.63) is 40.7 Å². The fourth-order valence-electron chi connectivity index (χ4n) is 2.92. The minimum atomic E-state index is -3.55. The van der Waals surface area contributed by atoms with Gasteiger partial charge < -0.3 is 4.74 Å². The largest absolute Gasteiger partial charge is 0.497 e. The summed E-state index contributed by atoms with van der Waals surface area (Å²) in [6.07, 6.45) is 0. The number of ether oxygens (including phenoxy) is 1. The van der Waals surface area contributed by atoms with Gasteiger partial charge in [-0.1, -0.05) is 17.7 Å². The van der Waals surface area contributed by atoms with E-state index in [2.05, 4.69) is 0 Å². The fourth-order valence-corrected chi connectivity index (χ4v) is 7.29. The Kier molecular flexibility index (Phi) is 6.68. The predicted molar refractivity (Wildman–Crippen MR) is 110 cm³/mol. The summed E-state index contributed by atoms with van der Waals surface area (Å²) in [6, 6.07) is 9.47. The Hall–Kier alpha value is -1.17. The maximum Gasteiger partial charge on any atom is 0.252 e. The molecule has 7 nitrogen and oxygen atoms in total. The summed E-state index contributed by atoms with van der Waals surface area (Å²) in [5, 5.41) is 0. The molecule has 1 aromatic carbocycles. The topological polar surface area (TPSA) is 84.0 Å². The molecule has 0 bridgehead atoms. The standard InChI is InChI=1S/C17H21ClN2O5S3/c1-25-14-3-2-4-15(13-14)27(21,22)12-11-19-7-9-20(10-8-19)28(23,24)17-6-5-16(18)26-17/h2-6,13H,7-12H2,1H3. The van der Waals surface area contributed by atoms with E-state index in [9.17, 15) is 16.8 Å². The van der Waals surface area contributed by atoms with E-state index in [-0.39, 0.29) is 14.9 Å². The molecule has 11 heteroatoms. The third-order valence-corrected chi connectivity index (χ3v) is 9.84. The summed E-state index contributed by atoms with van der Waals surface area (Å²) in [5.41, 5.74) is 0. The molecule has 2 aromatic rings. The van der Waals surface area contributed by atoms with E-state index in [1.54, 1.807) is 24.3 Å². The van der Waals surface area contributed by atoms with Crippen LogP contribution in [0.5, 0.6) is 5.75 Å². The van der Waals surface area contributed by atoms with Crippen LogP contribution in [0, 0.1) is 0 Å². The normalized spacial score (nSPS) is 16.9. The van der Waals surface area contributed by atoms with Crippen LogP contribution in [0.1, 0.15) is 0 Å². The average molecular weight is 465 g/mol. The first-order valence-electron chi connectivity index (χ1n) is 8.57. The zero-order valence-electron chi connectivity index (χ0n) is 15.2. The van der Waals surface area contributed by atoms with E-state index in [1.165, 1.54) is 23.5 Å². The molecule has 1 aromatic heterocycles. The number of hydrogen-bond acceptors (Lipinski definition) is 7. The molecule has 0 N–H and O–H groups in total. The van der Waals surface area contributed by atoms with Crippen LogP contribution in [0.15, 0.2) is 45.5 Å². The molecule has 0 aliphatic carbocycles. The van der Waals surface area contributed by atoms with E-state index in [0.717, 1.165) is 11.3 Å². The minimum absolute atomic E-state index is 0.0343. The van der Waals surface area contributed by atoms with Crippen molar-refractivity contribution in [3.63, 3.8) is 0 Å². The van der Waals surface area contributed by atoms with Gasteiger partial charge in [0, 0.05) is 32.7 Å². The van der Waals surface area contributed by atoms with Crippen molar-refractivity contribution in [2.45, 2.75) is 9.10 Å². The van der Waals surface area contributed by atoms with Crippen molar-refractivity contribution in [1.82, 2.24) is 9.21 Å². The third-order valence-electron chi connectivity index (χ3n) is 4.55. The van der Waals surface area contributed by atoms with Gasteiger partial charge in [0.1, 0.15) is 9.96 Å².